The Labute approximate surface area is 87.7 Å². The van der Waals surface area contributed by atoms with Crippen LogP contribution in [0, 0.1) is 6.92 Å². The van der Waals surface area contributed by atoms with E-state index in [-0.39, 0.29) is 0 Å². The first kappa shape index (κ1) is 11.3. The third-order valence-electron chi connectivity index (χ3n) is 2.39. The molecule has 0 aromatic heterocycles. The molecule has 0 aliphatic heterocycles. The van der Waals surface area contributed by atoms with E-state index in [1.54, 1.807) is 0 Å². The molecule has 0 saturated carbocycles. The second-order valence-electron chi connectivity index (χ2n) is 3.62. The summed E-state index contributed by atoms with van der Waals surface area (Å²) in [6.45, 7) is 9.28. The molecule has 1 nitrogen and oxygen atoms in total. The highest BCUT2D eigenvalue weighted by atomic mass is 15.1. The minimum atomic E-state index is 0.898. The van der Waals surface area contributed by atoms with Crippen molar-refractivity contribution >= 4 is 0 Å². The van der Waals surface area contributed by atoms with Crippen LogP contribution < -0.4 is 0 Å². The Kier molecular flexibility index (Phi) is 5.31. The van der Waals surface area contributed by atoms with E-state index in [0.717, 1.165) is 19.6 Å². The SMILES string of the molecule is [CH2]CN(CCCC)Cc1ccccc1. The number of benzene rings is 1. The highest BCUT2D eigenvalue weighted by Crippen LogP contribution is 2.05. The smallest absolute Gasteiger partial charge is 0.0233 e. The average Bonchev–Trinajstić information content (AvgIpc) is 2.25. The highest BCUT2D eigenvalue weighted by Gasteiger charge is 2.01. The number of hydrogen-bond donors (Lipinski definition) is 0. The van der Waals surface area contributed by atoms with Gasteiger partial charge >= 0.3 is 0 Å². The molecule has 0 atom stereocenters. The maximum atomic E-state index is 3.96. The molecular formula is C13H20N. The van der Waals surface area contributed by atoms with E-state index < -0.39 is 0 Å². The fourth-order valence-corrected chi connectivity index (χ4v) is 1.49. The first-order valence-corrected chi connectivity index (χ1v) is 5.42. The molecule has 77 valence electrons. The quantitative estimate of drug-likeness (QED) is 0.666. The Morgan fingerprint density at radius 3 is 2.50 bits per heavy atom. The molecular weight excluding hydrogens is 170 g/mol. The molecule has 14 heavy (non-hydrogen) atoms. The highest BCUT2D eigenvalue weighted by molar-refractivity contribution is 5.14. The fraction of sp³-hybridized carbons (Fsp3) is 0.462. The van der Waals surface area contributed by atoms with E-state index in [0.29, 0.717) is 0 Å². The summed E-state index contributed by atoms with van der Waals surface area (Å²) in [6, 6.07) is 10.6. The van der Waals surface area contributed by atoms with Gasteiger partial charge in [-0.25, -0.2) is 0 Å². The summed E-state index contributed by atoms with van der Waals surface area (Å²) < 4.78 is 0. The standard InChI is InChI=1S/C13H20N/c1-3-5-11-14(4-2)12-13-9-7-6-8-10-13/h6-10H,2-5,11-12H2,1H3. The lowest BCUT2D eigenvalue weighted by atomic mass is 10.2. The third-order valence-corrected chi connectivity index (χ3v) is 2.39. The number of hydrogen-bond acceptors (Lipinski definition) is 1. The normalized spacial score (nSPS) is 10.8. The van der Waals surface area contributed by atoms with Crippen molar-refractivity contribution < 1.29 is 0 Å². The van der Waals surface area contributed by atoms with E-state index in [1.165, 1.54) is 18.4 Å². The van der Waals surface area contributed by atoms with Gasteiger partial charge in [0, 0.05) is 6.54 Å². The van der Waals surface area contributed by atoms with Gasteiger partial charge in [0.1, 0.15) is 0 Å². The predicted molar refractivity (Wildman–Crippen MR) is 62.0 cm³/mol. The van der Waals surface area contributed by atoms with Crippen molar-refractivity contribution in [2.75, 3.05) is 13.1 Å². The van der Waals surface area contributed by atoms with Crippen molar-refractivity contribution in [1.82, 2.24) is 4.90 Å². The lowest BCUT2D eigenvalue weighted by Gasteiger charge is -2.19. The van der Waals surface area contributed by atoms with Crippen LogP contribution in [0.25, 0.3) is 0 Å². The summed E-state index contributed by atoms with van der Waals surface area (Å²) in [5.74, 6) is 0. The Bertz CT molecular complexity index is 230. The van der Waals surface area contributed by atoms with Crippen LogP contribution in [0.2, 0.25) is 0 Å². The van der Waals surface area contributed by atoms with E-state index in [2.05, 4.69) is 49.1 Å². The first-order chi connectivity index (χ1) is 6.86. The molecule has 0 bridgehead atoms. The summed E-state index contributed by atoms with van der Waals surface area (Å²) >= 11 is 0. The van der Waals surface area contributed by atoms with Gasteiger partial charge in [-0.15, -0.1) is 0 Å². The number of nitrogens with zero attached hydrogens (tertiary/aromatic N) is 1. The van der Waals surface area contributed by atoms with Gasteiger partial charge in [0.25, 0.3) is 0 Å². The van der Waals surface area contributed by atoms with Gasteiger partial charge < -0.3 is 0 Å². The zero-order chi connectivity index (χ0) is 10.2. The molecule has 1 rings (SSSR count). The van der Waals surface area contributed by atoms with Gasteiger partial charge in [0.2, 0.25) is 0 Å². The lowest BCUT2D eigenvalue weighted by Crippen LogP contribution is -2.23. The van der Waals surface area contributed by atoms with Crippen LogP contribution in [-0.2, 0) is 6.54 Å². The minimum Gasteiger partial charge on any atom is -0.299 e. The maximum absolute atomic E-state index is 3.96. The van der Waals surface area contributed by atoms with E-state index in [1.807, 2.05) is 0 Å². The van der Waals surface area contributed by atoms with Crippen molar-refractivity contribution in [3.8, 4) is 0 Å². The minimum absolute atomic E-state index is 0.898. The van der Waals surface area contributed by atoms with Crippen LogP contribution in [0.3, 0.4) is 0 Å². The van der Waals surface area contributed by atoms with Gasteiger partial charge in [-0.1, -0.05) is 43.7 Å². The molecule has 0 aliphatic rings. The average molecular weight is 190 g/mol. The molecule has 0 aliphatic carbocycles. The Hall–Kier alpha value is -0.820. The summed E-state index contributed by atoms with van der Waals surface area (Å²) in [4.78, 5) is 2.39. The van der Waals surface area contributed by atoms with Crippen molar-refractivity contribution in [2.24, 2.45) is 0 Å². The molecule has 1 aromatic carbocycles. The zero-order valence-electron chi connectivity index (χ0n) is 9.08. The Balaban J connectivity index is 2.40. The Morgan fingerprint density at radius 1 is 1.21 bits per heavy atom. The largest absolute Gasteiger partial charge is 0.299 e. The first-order valence-electron chi connectivity index (χ1n) is 5.42. The van der Waals surface area contributed by atoms with Crippen molar-refractivity contribution in [3.63, 3.8) is 0 Å². The lowest BCUT2D eigenvalue weighted by molar-refractivity contribution is 0.288. The molecule has 0 amide bonds. The van der Waals surface area contributed by atoms with Crippen molar-refractivity contribution in [3.05, 3.63) is 42.8 Å². The van der Waals surface area contributed by atoms with Crippen LogP contribution in [0.15, 0.2) is 30.3 Å². The van der Waals surface area contributed by atoms with E-state index in [4.69, 9.17) is 0 Å². The maximum Gasteiger partial charge on any atom is 0.0233 e. The predicted octanol–water partition coefficient (Wildman–Crippen LogP) is 3.12. The molecule has 0 N–H and O–H groups in total. The van der Waals surface area contributed by atoms with Gasteiger partial charge in [-0.05, 0) is 32.0 Å². The van der Waals surface area contributed by atoms with Gasteiger partial charge in [0.05, 0.1) is 0 Å². The summed E-state index contributed by atoms with van der Waals surface area (Å²) in [7, 11) is 0. The van der Waals surface area contributed by atoms with Crippen LogP contribution in [0.4, 0.5) is 0 Å². The van der Waals surface area contributed by atoms with Crippen LogP contribution in [0.1, 0.15) is 25.3 Å². The molecule has 0 spiro atoms. The molecule has 1 radical (unpaired) electrons. The molecule has 1 aromatic rings. The van der Waals surface area contributed by atoms with Crippen molar-refractivity contribution in [1.29, 1.82) is 0 Å². The molecule has 0 heterocycles. The van der Waals surface area contributed by atoms with Crippen molar-refractivity contribution in [2.45, 2.75) is 26.3 Å². The zero-order valence-corrected chi connectivity index (χ0v) is 9.08. The van der Waals surface area contributed by atoms with Gasteiger partial charge in [-0.2, -0.15) is 0 Å². The second-order valence-corrected chi connectivity index (χ2v) is 3.62. The fourth-order valence-electron chi connectivity index (χ4n) is 1.49. The van der Waals surface area contributed by atoms with E-state index >= 15 is 0 Å². The monoisotopic (exact) mass is 190 g/mol. The van der Waals surface area contributed by atoms with Crippen LogP contribution in [-0.4, -0.2) is 18.0 Å². The third kappa shape index (κ3) is 3.93. The second kappa shape index (κ2) is 6.61. The molecule has 0 saturated heterocycles. The summed E-state index contributed by atoms with van der Waals surface area (Å²) in [5.41, 5.74) is 1.38. The number of rotatable bonds is 6. The van der Waals surface area contributed by atoms with E-state index in [9.17, 15) is 0 Å². The molecule has 0 fully saturated rings. The topological polar surface area (TPSA) is 3.24 Å². The molecule has 1 heteroatoms. The van der Waals surface area contributed by atoms with Gasteiger partial charge in [0.15, 0.2) is 0 Å². The Morgan fingerprint density at radius 2 is 1.93 bits per heavy atom. The summed E-state index contributed by atoms with van der Waals surface area (Å²) in [6.07, 6.45) is 2.52. The molecule has 0 unspecified atom stereocenters. The summed E-state index contributed by atoms with van der Waals surface area (Å²) in [5, 5.41) is 0. The number of unbranched alkanes of at least 4 members (excludes halogenated alkanes) is 1. The van der Waals surface area contributed by atoms with Crippen LogP contribution in [0.5, 0.6) is 0 Å². The van der Waals surface area contributed by atoms with Crippen LogP contribution >= 0.6 is 0 Å². The van der Waals surface area contributed by atoms with Gasteiger partial charge in [-0.3, -0.25) is 4.90 Å².